The third-order valence-electron chi connectivity index (χ3n) is 2.64. The summed E-state index contributed by atoms with van der Waals surface area (Å²) in [6, 6.07) is 0. The number of carbonyl (C=O) groups is 1. The van der Waals surface area contributed by atoms with Gasteiger partial charge in [-0.3, -0.25) is 9.69 Å². The summed E-state index contributed by atoms with van der Waals surface area (Å²) in [6.07, 6.45) is 1.69. The van der Waals surface area contributed by atoms with Crippen LogP contribution >= 0.6 is 23.7 Å². The SMILES string of the molecule is CN1CCN(CC(=O)Nc2nccs2)CC1.Cl. The highest BCUT2D eigenvalue weighted by Crippen LogP contribution is 2.10. The van der Waals surface area contributed by atoms with E-state index in [0.29, 0.717) is 11.7 Å². The number of nitrogens with one attached hydrogen (secondary N) is 1. The molecule has 0 aliphatic carbocycles. The number of hydrogen-bond acceptors (Lipinski definition) is 5. The Morgan fingerprint density at radius 3 is 2.76 bits per heavy atom. The minimum atomic E-state index is 0. The first-order valence-corrected chi connectivity index (χ1v) is 6.22. The van der Waals surface area contributed by atoms with Crippen molar-refractivity contribution in [2.24, 2.45) is 0 Å². The summed E-state index contributed by atoms with van der Waals surface area (Å²) in [4.78, 5) is 20.1. The molecule has 1 aliphatic rings. The van der Waals surface area contributed by atoms with E-state index in [-0.39, 0.29) is 18.3 Å². The second-order valence-corrected chi connectivity index (χ2v) is 4.86. The Bertz CT molecular complexity index is 338. The minimum absolute atomic E-state index is 0. The molecule has 1 aromatic heterocycles. The molecular weight excluding hydrogens is 260 g/mol. The van der Waals surface area contributed by atoms with Crippen molar-refractivity contribution in [1.82, 2.24) is 14.8 Å². The van der Waals surface area contributed by atoms with E-state index in [1.165, 1.54) is 11.3 Å². The Hall–Kier alpha value is -0.690. The van der Waals surface area contributed by atoms with E-state index in [0.717, 1.165) is 26.2 Å². The van der Waals surface area contributed by atoms with Crippen molar-refractivity contribution in [3.05, 3.63) is 11.6 Å². The van der Waals surface area contributed by atoms with Gasteiger partial charge in [0.2, 0.25) is 5.91 Å². The molecule has 1 fully saturated rings. The van der Waals surface area contributed by atoms with Gasteiger partial charge in [0.05, 0.1) is 6.54 Å². The zero-order valence-corrected chi connectivity index (χ0v) is 11.4. The molecule has 7 heteroatoms. The first-order valence-electron chi connectivity index (χ1n) is 5.34. The van der Waals surface area contributed by atoms with Gasteiger partial charge in [0, 0.05) is 37.8 Å². The highest BCUT2D eigenvalue weighted by molar-refractivity contribution is 7.13. The number of amides is 1. The summed E-state index contributed by atoms with van der Waals surface area (Å²) in [6.45, 7) is 4.45. The number of aromatic nitrogens is 1. The molecule has 0 bridgehead atoms. The molecule has 0 radical (unpaired) electrons. The van der Waals surface area contributed by atoms with Crippen molar-refractivity contribution in [2.75, 3.05) is 45.1 Å². The van der Waals surface area contributed by atoms with Crippen LogP contribution in [0.1, 0.15) is 0 Å². The number of thiazole rings is 1. The number of piperazine rings is 1. The second kappa shape index (κ2) is 6.90. The minimum Gasteiger partial charge on any atom is -0.304 e. The Balaban J connectivity index is 0.00000144. The average Bonchev–Trinajstić information content (AvgIpc) is 2.74. The molecule has 0 aromatic carbocycles. The van der Waals surface area contributed by atoms with Crippen LogP contribution in [0.15, 0.2) is 11.6 Å². The number of anilines is 1. The van der Waals surface area contributed by atoms with Crippen LogP contribution in [-0.4, -0.2) is 60.5 Å². The molecule has 0 spiro atoms. The first-order chi connectivity index (χ1) is 7.74. The van der Waals surface area contributed by atoms with Gasteiger partial charge in [-0.15, -0.1) is 23.7 Å². The molecule has 2 heterocycles. The lowest BCUT2D eigenvalue weighted by Gasteiger charge is -2.31. The predicted molar refractivity (Wildman–Crippen MR) is 71.9 cm³/mol. The van der Waals surface area contributed by atoms with Gasteiger partial charge in [-0.2, -0.15) is 0 Å². The van der Waals surface area contributed by atoms with Crippen molar-refractivity contribution < 1.29 is 4.79 Å². The van der Waals surface area contributed by atoms with Crippen molar-refractivity contribution in [2.45, 2.75) is 0 Å². The van der Waals surface area contributed by atoms with Crippen molar-refractivity contribution >= 4 is 34.8 Å². The molecule has 1 N–H and O–H groups in total. The normalized spacial score (nSPS) is 17.5. The molecule has 1 aromatic rings. The van der Waals surface area contributed by atoms with E-state index >= 15 is 0 Å². The van der Waals surface area contributed by atoms with Crippen LogP contribution in [0, 0.1) is 0 Å². The number of carbonyl (C=O) groups excluding carboxylic acids is 1. The zero-order chi connectivity index (χ0) is 11.4. The Labute approximate surface area is 111 Å². The van der Waals surface area contributed by atoms with E-state index in [4.69, 9.17) is 0 Å². The molecular formula is C10H17ClN4OS. The highest BCUT2D eigenvalue weighted by atomic mass is 35.5. The van der Waals surface area contributed by atoms with E-state index in [1.807, 2.05) is 5.38 Å². The highest BCUT2D eigenvalue weighted by Gasteiger charge is 2.16. The molecule has 5 nitrogen and oxygen atoms in total. The Morgan fingerprint density at radius 1 is 1.47 bits per heavy atom. The van der Waals surface area contributed by atoms with Crippen LogP contribution in [0.2, 0.25) is 0 Å². The number of likely N-dealkylation sites (N-methyl/N-ethyl adjacent to an activating group) is 1. The lowest BCUT2D eigenvalue weighted by molar-refractivity contribution is -0.117. The first kappa shape index (κ1) is 14.4. The van der Waals surface area contributed by atoms with Crippen molar-refractivity contribution in [3.63, 3.8) is 0 Å². The zero-order valence-electron chi connectivity index (χ0n) is 9.76. The molecule has 0 unspecified atom stereocenters. The van der Waals surface area contributed by atoms with Gasteiger partial charge in [-0.25, -0.2) is 4.98 Å². The van der Waals surface area contributed by atoms with Gasteiger partial charge >= 0.3 is 0 Å². The fourth-order valence-electron chi connectivity index (χ4n) is 1.65. The third-order valence-corrected chi connectivity index (χ3v) is 3.33. The molecule has 1 saturated heterocycles. The molecule has 2 rings (SSSR count). The summed E-state index contributed by atoms with van der Waals surface area (Å²) in [5.74, 6) is 0.0273. The van der Waals surface area contributed by atoms with Gasteiger partial charge in [0.1, 0.15) is 0 Å². The fraction of sp³-hybridized carbons (Fsp3) is 0.600. The van der Waals surface area contributed by atoms with E-state index < -0.39 is 0 Å². The summed E-state index contributed by atoms with van der Waals surface area (Å²) < 4.78 is 0. The van der Waals surface area contributed by atoms with E-state index in [2.05, 4.69) is 27.1 Å². The topological polar surface area (TPSA) is 48.5 Å². The summed E-state index contributed by atoms with van der Waals surface area (Å²) in [5, 5.41) is 5.33. The van der Waals surface area contributed by atoms with Crippen LogP contribution < -0.4 is 5.32 Å². The monoisotopic (exact) mass is 276 g/mol. The number of hydrogen-bond donors (Lipinski definition) is 1. The lowest BCUT2D eigenvalue weighted by atomic mass is 10.3. The second-order valence-electron chi connectivity index (χ2n) is 3.96. The smallest absolute Gasteiger partial charge is 0.240 e. The number of rotatable bonds is 3. The molecule has 1 amide bonds. The van der Waals surface area contributed by atoms with Crippen molar-refractivity contribution in [3.8, 4) is 0 Å². The summed E-state index contributed by atoms with van der Waals surface area (Å²) in [7, 11) is 2.10. The number of nitrogens with zero attached hydrogens (tertiary/aromatic N) is 3. The maximum absolute atomic E-state index is 11.7. The van der Waals surface area contributed by atoms with Gasteiger partial charge in [-0.05, 0) is 7.05 Å². The summed E-state index contributed by atoms with van der Waals surface area (Å²) >= 11 is 1.44. The standard InChI is InChI=1S/C10H16N4OS.ClH/c1-13-3-5-14(6-4-13)8-9(15)12-10-11-2-7-16-10;/h2,7H,3-6,8H2,1H3,(H,11,12,15);1H. The van der Waals surface area contributed by atoms with Crippen LogP contribution in [-0.2, 0) is 4.79 Å². The van der Waals surface area contributed by atoms with E-state index in [1.54, 1.807) is 6.20 Å². The van der Waals surface area contributed by atoms with Gasteiger partial charge < -0.3 is 10.2 Å². The van der Waals surface area contributed by atoms with Crippen LogP contribution in [0.25, 0.3) is 0 Å². The molecule has 1 aliphatic heterocycles. The third kappa shape index (κ3) is 4.59. The molecule has 96 valence electrons. The predicted octanol–water partition coefficient (Wildman–Crippen LogP) is 0.751. The van der Waals surface area contributed by atoms with Crippen molar-refractivity contribution in [1.29, 1.82) is 0 Å². The lowest BCUT2D eigenvalue weighted by Crippen LogP contribution is -2.47. The number of halogens is 1. The van der Waals surface area contributed by atoms with E-state index in [9.17, 15) is 4.79 Å². The molecule has 0 saturated carbocycles. The van der Waals surface area contributed by atoms with Gasteiger partial charge in [-0.1, -0.05) is 0 Å². The van der Waals surface area contributed by atoms with Crippen LogP contribution in [0.3, 0.4) is 0 Å². The van der Waals surface area contributed by atoms with Gasteiger partial charge in [0.25, 0.3) is 0 Å². The summed E-state index contributed by atoms with van der Waals surface area (Å²) in [5.41, 5.74) is 0. The fourth-order valence-corrected chi connectivity index (χ4v) is 2.20. The Morgan fingerprint density at radius 2 is 2.18 bits per heavy atom. The average molecular weight is 277 g/mol. The largest absolute Gasteiger partial charge is 0.304 e. The maximum atomic E-state index is 11.7. The quantitative estimate of drug-likeness (QED) is 0.885. The van der Waals surface area contributed by atoms with Gasteiger partial charge in [0.15, 0.2) is 5.13 Å². The maximum Gasteiger partial charge on any atom is 0.240 e. The Kier molecular flexibility index (Phi) is 5.84. The van der Waals surface area contributed by atoms with Crippen LogP contribution in [0.5, 0.6) is 0 Å². The molecule has 17 heavy (non-hydrogen) atoms. The molecule has 0 atom stereocenters. The van der Waals surface area contributed by atoms with Crippen LogP contribution in [0.4, 0.5) is 5.13 Å².